The first-order valence-electron chi connectivity index (χ1n) is 7.64. The Morgan fingerprint density at radius 2 is 2.05 bits per heavy atom. The molecule has 0 spiro atoms. The lowest BCUT2D eigenvalue weighted by molar-refractivity contribution is -0.133. The Kier molecular flexibility index (Phi) is 4.02. The van der Waals surface area contributed by atoms with Gasteiger partial charge in [-0.2, -0.15) is 0 Å². The van der Waals surface area contributed by atoms with Crippen LogP contribution < -0.4 is 5.69 Å². The minimum Gasteiger partial charge on any atom is -0.396 e. The van der Waals surface area contributed by atoms with Crippen LogP contribution >= 0.6 is 0 Å². The maximum absolute atomic E-state index is 12.5. The second-order valence-electron chi connectivity index (χ2n) is 5.95. The van der Waals surface area contributed by atoms with Crippen molar-refractivity contribution in [2.45, 2.75) is 19.4 Å². The summed E-state index contributed by atoms with van der Waals surface area (Å²) >= 11 is 0. The van der Waals surface area contributed by atoms with Crippen LogP contribution in [-0.4, -0.2) is 44.7 Å². The predicted molar refractivity (Wildman–Crippen MR) is 83.6 cm³/mol. The molecule has 1 aliphatic rings. The Bertz CT molecular complexity index is 747. The SMILES string of the molecule is Cn1c(=O)n(CC(=O)N2CCCC(CO)C2)c2ccccc21. The van der Waals surface area contributed by atoms with Crippen molar-refractivity contribution in [2.75, 3.05) is 19.7 Å². The van der Waals surface area contributed by atoms with Gasteiger partial charge in [-0.25, -0.2) is 4.79 Å². The van der Waals surface area contributed by atoms with E-state index in [4.69, 9.17) is 0 Å². The lowest BCUT2D eigenvalue weighted by Crippen LogP contribution is -2.43. The van der Waals surface area contributed by atoms with Crippen LogP contribution in [0, 0.1) is 5.92 Å². The van der Waals surface area contributed by atoms with Crippen molar-refractivity contribution in [3.05, 3.63) is 34.7 Å². The van der Waals surface area contributed by atoms with E-state index in [0.29, 0.717) is 13.1 Å². The molecule has 1 N–H and O–H groups in total. The number of nitrogens with zero attached hydrogens (tertiary/aromatic N) is 3. The summed E-state index contributed by atoms with van der Waals surface area (Å²) in [6.45, 7) is 1.44. The van der Waals surface area contributed by atoms with Crippen LogP contribution in [0.4, 0.5) is 0 Å². The average Bonchev–Trinajstić information content (AvgIpc) is 2.80. The lowest BCUT2D eigenvalue weighted by atomic mass is 9.99. The number of imidazole rings is 1. The van der Waals surface area contributed by atoms with Crippen LogP contribution in [0.3, 0.4) is 0 Å². The van der Waals surface area contributed by atoms with Crippen LogP contribution in [-0.2, 0) is 18.4 Å². The standard InChI is InChI=1S/C16H21N3O3/c1-17-13-6-2-3-7-14(13)19(16(17)22)10-15(21)18-8-4-5-12(9-18)11-20/h2-3,6-7,12,20H,4-5,8-11H2,1H3. The maximum atomic E-state index is 12.5. The molecule has 1 saturated heterocycles. The Morgan fingerprint density at radius 1 is 1.32 bits per heavy atom. The molecule has 118 valence electrons. The highest BCUT2D eigenvalue weighted by atomic mass is 16.3. The number of carbonyl (C=O) groups excluding carboxylic acids is 1. The zero-order valence-electron chi connectivity index (χ0n) is 12.7. The smallest absolute Gasteiger partial charge is 0.329 e. The summed E-state index contributed by atoms with van der Waals surface area (Å²) in [6.07, 6.45) is 1.86. The first kappa shape index (κ1) is 14.8. The first-order valence-corrected chi connectivity index (χ1v) is 7.64. The van der Waals surface area contributed by atoms with Crippen LogP contribution in [0.1, 0.15) is 12.8 Å². The van der Waals surface area contributed by atoms with Crippen LogP contribution in [0.25, 0.3) is 11.0 Å². The summed E-state index contributed by atoms with van der Waals surface area (Å²) < 4.78 is 3.09. The van der Waals surface area contributed by atoms with Gasteiger partial charge >= 0.3 is 5.69 Å². The molecule has 1 aromatic heterocycles. The Balaban J connectivity index is 1.86. The van der Waals surface area contributed by atoms with Gasteiger partial charge in [0.05, 0.1) is 11.0 Å². The van der Waals surface area contributed by atoms with E-state index in [-0.39, 0.29) is 30.7 Å². The zero-order chi connectivity index (χ0) is 15.7. The number of piperidine rings is 1. The number of hydrogen-bond donors (Lipinski definition) is 1. The van der Waals surface area contributed by atoms with Gasteiger partial charge in [-0.05, 0) is 30.9 Å². The molecule has 1 aromatic carbocycles. The van der Waals surface area contributed by atoms with E-state index in [0.717, 1.165) is 23.9 Å². The molecule has 1 unspecified atom stereocenters. The molecule has 6 nitrogen and oxygen atoms in total. The van der Waals surface area contributed by atoms with Gasteiger partial charge in [0.1, 0.15) is 6.54 Å². The molecule has 1 aliphatic heterocycles. The first-order chi connectivity index (χ1) is 10.6. The highest BCUT2D eigenvalue weighted by Crippen LogP contribution is 2.17. The third-order valence-electron chi connectivity index (χ3n) is 4.47. The number of amides is 1. The van der Waals surface area contributed by atoms with Crippen molar-refractivity contribution in [1.82, 2.24) is 14.0 Å². The van der Waals surface area contributed by atoms with Crippen molar-refractivity contribution in [3.8, 4) is 0 Å². The number of aliphatic hydroxyl groups excluding tert-OH is 1. The molecule has 1 amide bonds. The van der Waals surface area contributed by atoms with Crippen molar-refractivity contribution in [2.24, 2.45) is 13.0 Å². The zero-order valence-corrected chi connectivity index (χ0v) is 12.7. The van der Waals surface area contributed by atoms with Crippen LogP contribution in [0.15, 0.2) is 29.1 Å². The summed E-state index contributed by atoms with van der Waals surface area (Å²) in [6, 6.07) is 7.48. The van der Waals surface area contributed by atoms with Crippen molar-refractivity contribution < 1.29 is 9.90 Å². The van der Waals surface area contributed by atoms with Gasteiger partial charge in [0.25, 0.3) is 0 Å². The predicted octanol–water partition coefficient (Wildman–Crippen LogP) is 0.571. The van der Waals surface area contributed by atoms with Gasteiger partial charge < -0.3 is 10.0 Å². The summed E-state index contributed by atoms with van der Waals surface area (Å²) in [5.74, 6) is 0.0959. The maximum Gasteiger partial charge on any atom is 0.329 e. The number of aliphatic hydroxyl groups is 1. The van der Waals surface area contributed by atoms with Crippen molar-refractivity contribution in [3.63, 3.8) is 0 Å². The molecule has 0 saturated carbocycles. The molecule has 0 aliphatic carbocycles. The second-order valence-corrected chi connectivity index (χ2v) is 5.95. The van der Waals surface area contributed by atoms with E-state index in [2.05, 4.69) is 0 Å². The molecule has 2 aromatic rings. The molecule has 1 atom stereocenters. The number of para-hydroxylation sites is 2. The minimum absolute atomic E-state index is 0.0539. The number of aryl methyl sites for hydroxylation is 1. The minimum atomic E-state index is -0.176. The molecule has 3 rings (SSSR count). The number of benzene rings is 1. The van der Waals surface area contributed by atoms with E-state index < -0.39 is 0 Å². The largest absolute Gasteiger partial charge is 0.396 e. The van der Waals surface area contributed by atoms with Gasteiger partial charge in [0.2, 0.25) is 5.91 Å². The number of fused-ring (bicyclic) bond motifs is 1. The fourth-order valence-corrected chi connectivity index (χ4v) is 3.19. The van der Waals surface area contributed by atoms with Gasteiger partial charge in [-0.3, -0.25) is 13.9 Å². The molecule has 2 heterocycles. The molecular weight excluding hydrogens is 282 g/mol. The van der Waals surface area contributed by atoms with E-state index in [1.54, 1.807) is 16.5 Å². The molecule has 1 fully saturated rings. The fraction of sp³-hybridized carbons (Fsp3) is 0.500. The molecule has 0 radical (unpaired) electrons. The summed E-state index contributed by atoms with van der Waals surface area (Å²) in [7, 11) is 1.72. The highest BCUT2D eigenvalue weighted by molar-refractivity contribution is 5.81. The molecular formula is C16H21N3O3. The quantitative estimate of drug-likeness (QED) is 0.901. The van der Waals surface area contributed by atoms with Crippen LogP contribution in [0.5, 0.6) is 0 Å². The Morgan fingerprint density at radius 3 is 2.77 bits per heavy atom. The average molecular weight is 303 g/mol. The number of rotatable bonds is 3. The van der Waals surface area contributed by atoms with Crippen molar-refractivity contribution in [1.29, 1.82) is 0 Å². The lowest BCUT2D eigenvalue weighted by Gasteiger charge is -2.31. The van der Waals surface area contributed by atoms with Crippen molar-refractivity contribution >= 4 is 16.9 Å². The number of aromatic nitrogens is 2. The normalized spacial score (nSPS) is 18.8. The van der Waals surface area contributed by atoms with E-state index >= 15 is 0 Å². The molecule has 0 bridgehead atoms. The van der Waals surface area contributed by atoms with E-state index in [1.165, 1.54) is 4.57 Å². The fourth-order valence-electron chi connectivity index (χ4n) is 3.19. The number of carbonyl (C=O) groups is 1. The third kappa shape index (κ3) is 2.54. The van der Waals surface area contributed by atoms with Crippen LogP contribution in [0.2, 0.25) is 0 Å². The van der Waals surface area contributed by atoms with E-state index in [9.17, 15) is 14.7 Å². The number of likely N-dealkylation sites (tertiary alicyclic amines) is 1. The highest BCUT2D eigenvalue weighted by Gasteiger charge is 2.24. The van der Waals surface area contributed by atoms with Gasteiger partial charge in [0, 0.05) is 26.7 Å². The Labute approximate surface area is 128 Å². The summed E-state index contributed by atoms with van der Waals surface area (Å²) in [5, 5.41) is 9.27. The summed E-state index contributed by atoms with van der Waals surface area (Å²) in [5.41, 5.74) is 1.43. The topological polar surface area (TPSA) is 67.5 Å². The molecule has 6 heteroatoms. The monoisotopic (exact) mass is 303 g/mol. The van der Waals surface area contributed by atoms with Gasteiger partial charge in [-0.15, -0.1) is 0 Å². The second kappa shape index (κ2) is 5.96. The number of hydrogen-bond acceptors (Lipinski definition) is 3. The van der Waals surface area contributed by atoms with Gasteiger partial charge in [-0.1, -0.05) is 12.1 Å². The third-order valence-corrected chi connectivity index (χ3v) is 4.47. The van der Waals surface area contributed by atoms with E-state index in [1.807, 2.05) is 24.3 Å². The molecule has 22 heavy (non-hydrogen) atoms. The Hall–Kier alpha value is -2.08. The van der Waals surface area contributed by atoms with Gasteiger partial charge in [0.15, 0.2) is 0 Å². The summed E-state index contributed by atoms with van der Waals surface area (Å²) in [4.78, 5) is 26.6.